The second kappa shape index (κ2) is 5.44. The molecule has 0 aliphatic carbocycles. The Morgan fingerprint density at radius 1 is 1.67 bits per heavy atom. The topological polar surface area (TPSA) is 71.2 Å². The van der Waals surface area contributed by atoms with Crippen LogP contribution in [-0.4, -0.2) is 28.8 Å². The van der Waals surface area contributed by atoms with Gasteiger partial charge in [0.15, 0.2) is 0 Å². The molecule has 0 amide bonds. The third-order valence-electron chi connectivity index (χ3n) is 2.21. The van der Waals surface area contributed by atoms with Crippen LogP contribution in [0.2, 0.25) is 0 Å². The third-order valence-corrected chi connectivity index (χ3v) is 3.21. The second-order valence-corrected chi connectivity index (χ2v) is 4.37. The molecule has 0 saturated carbocycles. The normalized spacial score (nSPS) is 14.7. The van der Waals surface area contributed by atoms with E-state index >= 15 is 0 Å². The highest BCUT2D eigenvalue weighted by Gasteiger charge is 2.10. The van der Waals surface area contributed by atoms with E-state index in [9.17, 15) is 5.11 Å². The van der Waals surface area contributed by atoms with Gasteiger partial charge < -0.3 is 16.2 Å². The summed E-state index contributed by atoms with van der Waals surface area (Å²) in [4.78, 5) is 4.18. The minimum Gasteiger partial charge on any atom is -0.392 e. The Morgan fingerprint density at radius 3 is 2.93 bits per heavy atom. The Labute approximate surface area is 98.0 Å². The van der Waals surface area contributed by atoms with Gasteiger partial charge in [-0.3, -0.25) is 0 Å². The van der Waals surface area contributed by atoms with Crippen molar-refractivity contribution in [1.29, 1.82) is 0 Å². The summed E-state index contributed by atoms with van der Waals surface area (Å²) in [5.41, 5.74) is 6.81. The molecule has 4 nitrogen and oxygen atoms in total. The largest absolute Gasteiger partial charge is 0.392 e. The fraction of sp³-hybridized carbons (Fsp3) is 0.500. The average Bonchev–Trinajstić information content (AvgIpc) is 2.19. The van der Waals surface area contributed by atoms with Gasteiger partial charge in [-0.1, -0.05) is 0 Å². The molecule has 0 aromatic carbocycles. The van der Waals surface area contributed by atoms with Crippen LogP contribution < -0.4 is 11.1 Å². The molecule has 0 aliphatic rings. The number of aliphatic hydroxyl groups excluding tert-OH is 1. The summed E-state index contributed by atoms with van der Waals surface area (Å²) < 4.78 is 0.933. The first-order valence-electron chi connectivity index (χ1n) is 4.81. The van der Waals surface area contributed by atoms with Crippen LogP contribution in [0.15, 0.2) is 16.7 Å². The molecular formula is C10H16BrN3O. The zero-order valence-electron chi connectivity index (χ0n) is 8.87. The molecule has 0 fully saturated rings. The molecule has 0 saturated heterocycles. The maximum Gasteiger partial charge on any atom is 0.140 e. The van der Waals surface area contributed by atoms with Gasteiger partial charge in [0.1, 0.15) is 5.82 Å². The molecule has 0 spiro atoms. The number of pyridine rings is 1. The molecule has 1 aromatic heterocycles. The van der Waals surface area contributed by atoms with Crippen molar-refractivity contribution in [1.82, 2.24) is 4.98 Å². The number of nitrogens with two attached hydrogens (primary N) is 1. The summed E-state index contributed by atoms with van der Waals surface area (Å²) in [6, 6.07) is 1.63. The number of anilines is 1. The Balaban J connectivity index is 2.62. The van der Waals surface area contributed by atoms with Crippen molar-refractivity contribution in [3.8, 4) is 0 Å². The molecule has 4 N–H and O–H groups in total. The zero-order chi connectivity index (χ0) is 11.4. The lowest BCUT2D eigenvalue weighted by molar-refractivity contribution is 0.168. The lowest BCUT2D eigenvalue weighted by atomic mass is 10.2. The quantitative estimate of drug-likeness (QED) is 0.773. The summed E-state index contributed by atoms with van der Waals surface area (Å²) in [6.07, 6.45) is 1.21. The maximum atomic E-state index is 9.23. The molecule has 0 radical (unpaired) electrons. The highest BCUT2D eigenvalue weighted by molar-refractivity contribution is 9.10. The van der Waals surface area contributed by atoms with Gasteiger partial charge >= 0.3 is 0 Å². The van der Waals surface area contributed by atoms with Crippen molar-refractivity contribution >= 4 is 21.7 Å². The smallest absolute Gasteiger partial charge is 0.140 e. The molecule has 1 aromatic rings. The van der Waals surface area contributed by atoms with Crippen LogP contribution in [0, 0.1) is 6.92 Å². The van der Waals surface area contributed by atoms with Gasteiger partial charge in [0.25, 0.3) is 0 Å². The number of hydrogen-bond donors (Lipinski definition) is 3. The molecule has 0 bridgehead atoms. The second-order valence-electron chi connectivity index (χ2n) is 3.58. The fourth-order valence-electron chi connectivity index (χ4n) is 1.05. The van der Waals surface area contributed by atoms with Crippen molar-refractivity contribution in [3.63, 3.8) is 0 Å². The van der Waals surface area contributed by atoms with E-state index in [0.717, 1.165) is 15.9 Å². The van der Waals surface area contributed by atoms with E-state index in [1.54, 1.807) is 13.1 Å². The number of halogens is 1. The van der Waals surface area contributed by atoms with Gasteiger partial charge in [-0.25, -0.2) is 4.98 Å². The SMILES string of the molecule is Cc1ccnc(NCC(N)C(C)O)c1Br. The molecule has 2 unspecified atom stereocenters. The Bertz CT molecular complexity index is 330. The summed E-state index contributed by atoms with van der Waals surface area (Å²) >= 11 is 3.44. The molecule has 0 aliphatic heterocycles. The molecule has 84 valence electrons. The molecule has 1 heterocycles. The van der Waals surface area contributed by atoms with Crippen LogP contribution >= 0.6 is 15.9 Å². The highest BCUT2D eigenvalue weighted by Crippen LogP contribution is 2.22. The highest BCUT2D eigenvalue weighted by atomic mass is 79.9. The van der Waals surface area contributed by atoms with E-state index < -0.39 is 6.10 Å². The standard InChI is InChI=1S/C10H16BrN3O/c1-6-3-4-13-10(9(6)11)14-5-8(12)7(2)15/h3-4,7-8,15H,5,12H2,1-2H3,(H,13,14). The van der Waals surface area contributed by atoms with Crippen molar-refractivity contribution in [3.05, 3.63) is 22.3 Å². The van der Waals surface area contributed by atoms with E-state index in [4.69, 9.17) is 5.73 Å². The zero-order valence-corrected chi connectivity index (χ0v) is 10.5. The molecule has 5 heteroatoms. The number of aliphatic hydroxyl groups is 1. The third kappa shape index (κ3) is 3.44. The van der Waals surface area contributed by atoms with E-state index in [1.165, 1.54) is 0 Å². The van der Waals surface area contributed by atoms with Crippen LogP contribution in [-0.2, 0) is 0 Å². The predicted molar refractivity (Wildman–Crippen MR) is 64.8 cm³/mol. The first kappa shape index (κ1) is 12.4. The van der Waals surface area contributed by atoms with Crippen LogP contribution in [0.4, 0.5) is 5.82 Å². The summed E-state index contributed by atoms with van der Waals surface area (Å²) in [5.74, 6) is 0.756. The van der Waals surface area contributed by atoms with Crippen LogP contribution in [0.3, 0.4) is 0 Å². The Morgan fingerprint density at radius 2 is 2.33 bits per heavy atom. The van der Waals surface area contributed by atoms with E-state index in [2.05, 4.69) is 26.2 Å². The Kier molecular flexibility index (Phi) is 4.50. The minimum atomic E-state index is -0.527. The predicted octanol–water partition coefficient (Wildman–Crippen LogP) is 1.27. The van der Waals surface area contributed by atoms with Gasteiger partial charge in [-0.2, -0.15) is 0 Å². The number of hydrogen-bond acceptors (Lipinski definition) is 4. The van der Waals surface area contributed by atoms with Gasteiger partial charge in [-0.15, -0.1) is 0 Å². The van der Waals surface area contributed by atoms with Gasteiger partial charge in [0.2, 0.25) is 0 Å². The molecular weight excluding hydrogens is 258 g/mol. The molecule has 15 heavy (non-hydrogen) atoms. The first-order valence-corrected chi connectivity index (χ1v) is 5.60. The maximum absolute atomic E-state index is 9.23. The molecule has 1 rings (SSSR count). The van der Waals surface area contributed by atoms with E-state index in [-0.39, 0.29) is 6.04 Å². The first-order chi connectivity index (χ1) is 7.02. The number of nitrogens with one attached hydrogen (secondary N) is 1. The van der Waals surface area contributed by atoms with Gasteiger partial charge in [0.05, 0.1) is 10.6 Å². The van der Waals surface area contributed by atoms with Gasteiger partial charge in [0, 0.05) is 18.8 Å². The summed E-state index contributed by atoms with van der Waals surface area (Å²) in [6.45, 7) is 4.16. The van der Waals surface area contributed by atoms with Crippen molar-refractivity contribution in [2.45, 2.75) is 26.0 Å². The van der Waals surface area contributed by atoms with Crippen molar-refractivity contribution in [2.75, 3.05) is 11.9 Å². The van der Waals surface area contributed by atoms with E-state index in [0.29, 0.717) is 6.54 Å². The lowest BCUT2D eigenvalue weighted by Crippen LogP contribution is -2.38. The van der Waals surface area contributed by atoms with Crippen molar-refractivity contribution < 1.29 is 5.11 Å². The minimum absolute atomic E-state index is 0.292. The number of nitrogens with zero attached hydrogens (tertiary/aromatic N) is 1. The molecule has 2 atom stereocenters. The van der Waals surface area contributed by atoms with Crippen LogP contribution in [0.25, 0.3) is 0 Å². The van der Waals surface area contributed by atoms with E-state index in [1.807, 2.05) is 13.0 Å². The lowest BCUT2D eigenvalue weighted by Gasteiger charge is -2.16. The number of aromatic nitrogens is 1. The van der Waals surface area contributed by atoms with Crippen LogP contribution in [0.1, 0.15) is 12.5 Å². The average molecular weight is 274 g/mol. The van der Waals surface area contributed by atoms with Crippen LogP contribution in [0.5, 0.6) is 0 Å². The number of aryl methyl sites for hydroxylation is 1. The monoisotopic (exact) mass is 273 g/mol. The van der Waals surface area contributed by atoms with Gasteiger partial charge in [-0.05, 0) is 41.4 Å². The number of rotatable bonds is 4. The summed E-state index contributed by atoms with van der Waals surface area (Å²) in [5, 5.41) is 12.3. The fourth-order valence-corrected chi connectivity index (χ4v) is 1.42. The van der Waals surface area contributed by atoms with Crippen molar-refractivity contribution in [2.24, 2.45) is 5.73 Å². The summed E-state index contributed by atoms with van der Waals surface area (Å²) in [7, 11) is 0. The Hall–Kier alpha value is -0.650.